The van der Waals surface area contributed by atoms with E-state index in [-0.39, 0.29) is 40.7 Å². The Balaban J connectivity index is 0.000000149. The van der Waals surface area contributed by atoms with Gasteiger partial charge in [-0.15, -0.1) is 0 Å². The number of halogens is 10. The van der Waals surface area contributed by atoms with Crippen LogP contribution in [0.25, 0.3) is 133 Å². The lowest BCUT2D eigenvalue weighted by Crippen LogP contribution is -2.22. The zero-order valence-electron chi connectivity index (χ0n) is 82.1. The monoisotopic (exact) mass is 2150 g/mol. The third kappa shape index (κ3) is 21.1. The highest BCUT2D eigenvalue weighted by Crippen LogP contribution is 2.52. The number of rotatable bonds is 6. The summed E-state index contributed by atoms with van der Waals surface area (Å²) in [5.74, 6) is 2.57. The highest BCUT2D eigenvalue weighted by Gasteiger charge is 2.36. The van der Waals surface area contributed by atoms with Crippen molar-refractivity contribution in [2.45, 2.75) is 221 Å². The number of hydrogen-bond acceptors (Lipinski definition) is 18. The molecule has 0 radical (unpaired) electrons. The average Bonchev–Trinajstić information content (AvgIpc) is 1.61. The van der Waals surface area contributed by atoms with Gasteiger partial charge in [0.2, 0.25) is 0 Å². The van der Waals surface area contributed by atoms with Crippen molar-refractivity contribution in [3.8, 4) is 66.8 Å². The van der Waals surface area contributed by atoms with Crippen LogP contribution in [0.3, 0.4) is 0 Å². The van der Waals surface area contributed by atoms with Gasteiger partial charge < -0.3 is 61.8 Å². The molecule has 12 aromatic heterocycles. The van der Waals surface area contributed by atoms with Crippen LogP contribution in [0.1, 0.15) is 177 Å². The highest BCUT2D eigenvalue weighted by atomic mass is 79.9. The largest absolute Gasteiger partial charge is 0.383 e. The van der Waals surface area contributed by atoms with E-state index in [1.807, 2.05) is 116 Å². The topological polar surface area (TPSA) is 340 Å². The Bertz CT molecular complexity index is 6620. The summed E-state index contributed by atoms with van der Waals surface area (Å²) >= 11 is 60.8. The second-order valence-corrected chi connectivity index (χ2v) is 45.0. The molecule has 0 unspecified atom stereocenters. The number of fused-ring (bicyclic) bond motifs is 6. The molecule has 18 aromatic rings. The van der Waals surface area contributed by atoms with Crippen molar-refractivity contribution >= 4 is 226 Å². The Labute approximate surface area is 869 Å². The highest BCUT2D eigenvalue weighted by molar-refractivity contribution is 9.11. The fourth-order valence-electron chi connectivity index (χ4n) is 17.1. The minimum atomic E-state index is -0.259. The third-order valence-corrected chi connectivity index (χ3v) is 27.4. The molecule has 12 heterocycles. The predicted molar refractivity (Wildman–Crippen MR) is 594 cm³/mol. The van der Waals surface area contributed by atoms with E-state index >= 15 is 0 Å². The van der Waals surface area contributed by atoms with E-state index in [4.69, 9.17) is 127 Å². The molecule has 18 rings (SSSR count). The van der Waals surface area contributed by atoms with Gasteiger partial charge in [-0.05, 0) is 239 Å². The van der Waals surface area contributed by atoms with E-state index in [1.165, 1.54) is 49.1 Å². The maximum Gasteiger partial charge on any atom is 0.147 e. The van der Waals surface area contributed by atoms with Crippen LogP contribution in [0.2, 0.25) is 41.0 Å². The first-order valence-electron chi connectivity index (χ1n) is 44.4. The zero-order valence-corrected chi connectivity index (χ0v) is 91.4. The summed E-state index contributed by atoms with van der Waals surface area (Å²) in [6, 6.07) is 36.6. The quantitative estimate of drug-likeness (QED) is 0.0900. The first-order chi connectivity index (χ1) is 64.3. The molecule has 0 fully saturated rings. The summed E-state index contributed by atoms with van der Waals surface area (Å²) in [4.78, 5) is 51.6. The van der Waals surface area contributed by atoms with Crippen LogP contribution < -0.4 is 34.4 Å². The molecule has 0 amide bonds. The van der Waals surface area contributed by atoms with E-state index in [0.717, 1.165) is 164 Å². The fraction of sp³-hybridized carbons (Fsp3) is 0.314. The van der Waals surface area contributed by atoms with Crippen molar-refractivity contribution in [2.75, 3.05) is 34.4 Å². The summed E-state index contributed by atoms with van der Waals surface area (Å²) in [5.41, 5.74) is 60.1. The molecule has 34 heteroatoms. The van der Waals surface area contributed by atoms with E-state index in [9.17, 15) is 0 Å². The van der Waals surface area contributed by atoms with Crippen LogP contribution >= 0.6 is 125 Å². The Morgan fingerprint density at radius 2 is 0.381 bits per heavy atom. The zero-order chi connectivity index (χ0) is 102. The minimum absolute atomic E-state index is 0. The summed E-state index contributed by atoms with van der Waals surface area (Å²) in [7, 11) is 0. The molecular formula is C105H118Br2Cl8N24. The molecule has 24 nitrogen and oxygen atoms in total. The first-order valence-corrected chi connectivity index (χ1v) is 49.0. The molecule has 6 aromatic carbocycles. The normalized spacial score (nSPS) is 12.0. The molecule has 0 atom stereocenters. The number of nitrogen functional groups attached to an aromatic ring is 6. The van der Waals surface area contributed by atoms with Crippen LogP contribution in [0, 0.1) is 55.4 Å². The molecule has 0 saturated heterocycles. The van der Waals surface area contributed by atoms with Gasteiger partial charge in [-0.2, -0.15) is 0 Å². The molecule has 0 bridgehead atoms. The van der Waals surface area contributed by atoms with E-state index in [2.05, 4.69) is 293 Å². The number of nitrogens with zero attached hydrogens (tertiary/aromatic N) is 18. The molecule has 0 aliphatic rings. The summed E-state index contributed by atoms with van der Waals surface area (Å²) in [6.45, 7) is 53.9. The smallest absolute Gasteiger partial charge is 0.147 e. The van der Waals surface area contributed by atoms with Gasteiger partial charge in [0.1, 0.15) is 138 Å². The minimum Gasteiger partial charge on any atom is -0.383 e. The summed E-state index contributed by atoms with van der Waals surface area (Å²) in [6.07, 6.45) is 8.85. The van der Waals surface area contributed by atoms with Crippen LogP contribution in [-0.4, -0.2) is 87.2 Å². The van der Waals surface area contributed by atoms with Gasteiger partial charge in [-0.1, -0.05) is 238 Å². The summed E-state index contributed by atoms with van der Waals surface area (Å²) in [5, 5.41) is 9.58. The molecule has 139 heavy (non-hydrogen) atoms. The first kappa shape index (κ1) is 107. The molecule has 0 aliphatic heterocycles. The number of aryl methyl sites for hydroxylation is 8. The Kier molecular flexibility index (Phi) is 31.3. The van der Waals surface area contributed by atoms with Gasteiger partial charge in [0, 0.05) is 108 Å². The van der Waals surface area contributed by atoms with Crippen molar-refractivity contribution in [3.63, 3.8) is 0 Å². The van der Waals surface area contributed by atoms with E-state index < -0.39 is 0 Å². The van der Waals surface area contributed by atoms with Crippen LogP contribution in [0.5, 0.6) is 0 Å². The van der Waals surface area contributed by atoms with E-state index in [0.29, 0.717) is 87.2 Å². The maximum atomic E-state index is 6.81. The molecule has 728 valence electrons. The van der Waals surface area contributed by atoms with Crippen LogP contribution in [0.4, 0.5) is 34.9 Å². The Morgan fingerprint density at radius 1 is 0.223 bits per heavy atom. The third-order valence-electron chi connectivity index (χ3n) is 23.2. The van der Waals surface area contributed by atoms with Gasteiger partial charge in [0.15, 0.2) is 0 Å². The molecule has 0 spiro atoms. The molecule has 12 N–H and O–H groups in total. The van der Waals surface area contributed by atoms with Crippen molar-refractivity contribution in [2.24, 2.45) is 0 Å². The Morgan fingerprint density at radius 3 is 0.576 bits per heavy atom. The number of nitrogens with two attached hydrogens (primary N) is 6. The lowest BCUT2D eigenvalue weighted by molar-refractivity contribution is 0.409. The molecule has 0 saturated carbocycles. The average molecular weight is 2160 g/mol. The van der Waals surface area contributed by atoms with Crippen molar-refractivity contribution in [1.82, 2.24) is 87.2 Å². The number of hydrogen-bond donors (Lipinski definition) is 6. The fourth-order valence-corrected chi connectivity index (χ4v) is 21.6. The van der Waals surface area contributed by atoms with Gasteiger partial charge in [0.25, 0.3) is 0 Å². The number of anilines is 6. The maximum absolute atomic E-state index is 6.81. The lowest BCUT2D eigenvalue weighted by atomic mass is 9.98. The van der Waals surface area contributed by atoms with Crippen molar-refractivity contribution in [3.05, 3.63) is 242 Å². The van der Waals surface area contributed by atoms with E-state index in [1.54, 1.807) is 0 Å². The second kappa shape index (κ2) is 40.6. The number of aromatic nitrogens is 18. The standard InChI is InChI=1S/2C18H21ClN4.2C17H18BrClN4.2C17H18Cl2N4.CH4/c2*1-10-6-7-11(2)12(8-10)13-14-16(20)21-9-22-17(14)23(15(13)19)18(3,4)5;4*1-9-5-6-11(18)10(7-9)12-13-15(20)21-8-22-16(13)23(14(12)19)17(2,3)4;/h2*6-9H,1-5H3,(H2,20,21,22);4*5-8H,1-4H3,(H2,20,21,22);1H4. The van der Waals surface area contributed by atoms with Gasteiger partial charge in [-0.3, -0.25) is 0 Å². The van der Waals surface area contributed by atoms with Crippen molar-refractivity contribution in [1.29, 1.82) is 0 Å². The molecular weight excluding hydrogens is 2040 g/mol. The summed E-state index contributed by atoms with van der Waals surface area (Å²) < 4.78 is 13.9. The van der Waals surface area contributed by atoms with Gasteiger partial charge in [0.05, 0.1) is 32.3 Å². The Hall–Kier alpha value is -10.9. The van der Waals surface area contributed by atoms with Crippen molar-refractivity contribution < 1.29 is 0 Å². The van der Waals surface area contributed by atoms with Crippen LogP contribution in [0.15, 0.2) is 156 Å². The SMILES string of the molecule is C.Cc1ccc(Br)c(-c2c(Cl)n(C(C)(C)C)c3ncnc(N)c23)c1.Cc1ccc(Br)c(-c2c(Cl)n(C(C)(C)C)c3ncnc(N)c23)c1.Cc1ccc(C)c(-c2c(Cl)n(C(C)(C)C)c3ncnc(N)c23)c1.Cc1ccc(C)c(-c2c(Cl)n(C(C)(C)C)c3ncnc(N)c23)c1.Cc1ccc(Cl)c(-c2c(Cl)n(C(C)(C)C)c3ncnc(N)c23)c1.Cc1ccc(Cl)c(-c2c(Cl)n(C(C)(C)C)c3ncnc(N)c23)c1. The van der Waals surface area contributed by atoms with Crippen LogP contribution in [-0.2, 0) is 33.2 Å². The second-order valence-electron chi connectivity index (χ2n) is 40.3. The lowest BCUT2D eigenvalue weighted by Gasteiger charge is -2.23. The van der Waals surface area contributed by atoms with Gasteiger partial charge >= 0.3 is 0 Å². The predicted octanol–water partition coefficient (Wildman–Crippen LogP) is 30.5. The molecule has 0 aliphatic carbocycles. The number of benzene rings is 6. The van der Waals surface area contributed by atoms with Gasteiger partial charge in [-0.25, -0.2) is 59.8 Å².